The lowest BCUT2D eigenvalue weighted by atomic mass is 10.2. The Morgan fingerprint density at radius 1 is 1.52 bits per heavy atom. The van der Waals surface area contributed by atoms with Gasteiger partial charge < -0.3 is 20.4 Å². The molecule has 1 fully saturated rings. The number of amides is 1. The smallest absolute Gasteiger partial charge is 0.246 e. The van der Waals surface area contributed by atoms with Crippen LogP contribution in [0.25, 0.3) is 11.0 Å². The van der Waals surface area contributed by atoms with Crippen molar-refractivity contribution in [2.75, 3.05) is 19.7 Å². The molecule has 0 unspecified atom stereocenters. The van der Waals surface area contributed by atoms with E-state index in [9.17, 15) is 9.18 Å². The number of H-pyrrole nitrogens is 1. The average molecular weight is 320 g/mol. The monoisotopic (exact) mass is 320 g/mol. The molecule has 2 aromatic rings. The summed E-state index contributed by atoms with van der Waals surface area (Å²) in [4.78, 5) is 19.3. The fourth-order valence-electron chi connectivity index (χ4n) is 2.70. The maximum absolute atomic E-state index is 13.0. The van der Waals surface area contributed by atoms with Crippen molar-refractivity contribution in [2.24, 2.45) is 0 Å². The normalized spacial score (nSPS) is 21.0. The zero-order valence-electron chi connectivity index (χ0n) is 13.1. The van der Waals surface area contributed by atoms with Gasteiger partial charge in [0.1, 0.15) is 25.2 Å². The number of aromatic amines is 1. The van der Waals surface area contributed by atoms with E-state index in [0.29, 0.717) is 25.3 Å². The molecule has 7 heteroatoms. The van der Waals surface area contributed by atoms with Crippen LogP contribution < -0.4 is 10.6 Å². The summed E-state index contributed by atoms with van der Waals surface area (Å²) in [5.74, 6) is 0.484. The minimum absolute atomic E-state index is 0.00700. The van der Waals surface area contributed by atoms with Crippen LogP contribution in [0.1, 0.15) is 17.8 Å². The highest BCUT2D eigenvalue weighted by atomic mass is 19.1. The topological polar surface area (TPSA) is 79.0 Å². The summed E-state index contributed by atoms with van der Waals surface area (Å²) in [5, 5.41) is 5.76. The molecule has 1 saturated heterocycles. The number of carbonyl (C=O) groups is 1. The summed E-state index contributed by atoms with van der Waals surface area (Å²) in [5.41, 5.74) is 3.00. The lowest BCUT2D eigenvalue weighted by Gasteiger charge is -2.11. The molecular weight excluding hydrogens is 299 g/mol. The number of hydrogen-bond donors (Lipinski definition) is 3. The number of imidazole rings is 1. The van der Waals surface area contributed by atoms with Gasteiger partial charge in [-0.3, -0.25) is 4.79 Å². The predicted molar refractivity (Wildman–Crippen MR) is 84.8 cm³/mol. The maximum Gasteiger partial charge on any atom is 0.246 e. The molecule has 1 aliphatic heterocycles. The minimum Gasteiger partial charge on any atom is -0.364 e. The van der Waals surface area contributed by atoms with Crippen molar-refractivity contribution in [1.29, 1.82) is 0 Å². The molecule has 0 saturated carbocycles. The third-order valence-electron chi connectivity index (χ3n) is 3.87. The van der Waals surface area contributed by atoms with Crippen molar-refractivity contribution in [3.63, 3.8) is 0 Å². The molecule has 0 aliphatic carbocycles. The van der Waals surface area contributed by atoms with E-state index in [-0.39, 0.29) is 25.2 Å². The third-order valence-corrected chi connectivity index (χ3v) is 3.87. The second kappa shape index (κ2) is 7.06. The molecule has 3 N–H and O–H groups in total. The number of alkyl halides is 1. The average Bonchev–Trinajstić information content (AvgIpc) is 3.10. The molecule has 0 bridgehead atoms. The van der Waals surface area contributed by atoms with Gasteiger partial charge in [-0.1, -0.05) is 6.07 Å². The van der Waals surface area contributed by atoms with E-state index in [0.717, 1.165) is 16.6 Å². The summed E-state index contributed by atoms with van der Waals surface area (Å²) < 4.78 is 18.4. The number of nitrogens with one attached hydrogen (secondary N) is 3. The lowest BCUT2D eigenvalue weighted by molar-refractivity contribution is -0.126. The largest absolute Gasteiger partial charge is 0.364 e. The van der Waals surface area contributed by atoms with E-state index in [1.165, 1.54) is 0 Å². The molecule has 0 spiro atoms. The van der Waals surface area contributed by atoms with Crippen LogP contribution in [0.5, 0.6) is 0 Å². The van der Waals surface area contributed by atoms with Gasteiger partial charge in [0.2, 0.25) is 5.91 Å². The SMILES string of the molecule is Cc1ccc2nc(COCC(=O)NC[C@@H]3C[C@H](F)CN3)[nH]c2c1. The van der Waals surface area contributed by atoms with Crippen LogP contribution in [0, 0.1) is 6.92 Å². The molecule has 1 aromatic heterocycles. The van der Waals surface area contributed by atoms with Crippen molar-refractivity contribution in [1.82, 2.24) is 20.6 Å². The molecule has 1 amide bonds. The number of nitrogens with zero attached hydrogens (tertiary/aromatic N) is 1. The Kier molecular flexibility index (Phi) is 4.88. The Morgan fingerprint density at radius 2 is 2.39 bits per heavy atom. The van der Waals surface area contributed by atoms with Gasteiger partial charge in [-0.15, -0.1) is 0 Å². The first-order chi connectivity index (χ1) is 11.1. The van der Waals surface area contributed by atoms with Gasteiger partial charge >= 0.3 is 0 Å². The lowest BCUT2D eigenvalue weighted by Crippen LogP contribution is -2.38. The van der Waals surface area contributed by atoms with Crippen molar-refractivity contribution in [2.45, 2.75) is 32.2 Å². The Morgan fingerprint density at radius 3 is 3.17 bits per heavy atom. The van der Waals surface area contributed by atoms with E-state index in [1.807, 2.05) is 25.1 Å². The Hall–Kier alpha value is -1.99. The number of halogens is 1. The van der Waals surface area contributed by atoms with Gasteiger partial charge in [0.15, 0.2) is 0 Å². The summed E-state index contributed by atoms with van der Waals surface area (Å²) in [6.07, 6.45) is -0.371. The molecule has 0 radical (unpaired) electrons. The zero-order valence-corrected chi connectivity index (χ0v) is 13.1. The number of rotatable bonds is 6. The molecule has 1 aliphatic rings. The van der Waals surface area contributed by atoms with Crippen LogP contribution in [-0.2, 0) is 16.1 Å². The van der Waals surface area contributed by atoms with Gasteiger partial charge in [-0.25, -0.2) is 9.37 Å². The van der Waals surface area contributed by atoms with Crippen LogP contribution in [0.3, 0.4) is 0 Å². The molecular formula is C16H21FN4O2. The first-order valence-corrected chi connectivity index (χ1v) is 7.77. The van der Waals surface area contributed by atoms with Crippen LogP contribution in [-0.4, -0.2) is 47.8 Å². The summed E-state index contributed by atoms with van der Waals surface area (Å²) >= 11 is 0. The van der Waals surface area contributed by atoms with E-state index < -0.39 is 6.17 Å². The van der Waals surface area contributed by atoms with Gasteiger partial charge in [0.25, 0.3) is 0 Å². The highest BCUT2D eigenvalue weighted by Gasteiger charge is 2.23. The van der Waals surface area contributed by atoms with E-state index >= 15 is 0 Å². The molecule has 2 atom stereocenters. The molecule has 6 nitrogen and oxygen atoms in total. The Balaban J connectivity index is 1.40. The van der Waals surface area contributed by atoms with E-state index in [1.54, 1.807) is 0 Å². The van der Waals surface area contributed by atoms with Crippen LogP contribution >= 0.6 is 0 Å². The third kappa shape index (κ3) is 4.27. The molecule has 124 valence electrons. The standard InChI is InChI=1S/C16H21FN4O2/c1-10-2-3-13-14(4-10)21-15(20-13)8-23-9-16(22)19-7-12-5-11(17)6-18-12/h2-4,11-12,18H,5-9H2,1H3,(H,19,22)(H,20,21)/t11-,12-/m0/s1. The quantitative estimate of drug-likeness (QED) is 0.747. The fourth-order valence-corrected chi connectivity index (χ4v) is 2.70. The molecule has 3 rings (SSSR count). The number of carbonyl (C=O) groups excluding carboxylic acids is 1. The van der Waals surface area contributed by atoms with Crippen molar-refractivity contribution in [3.8, 4) is 0 Å². The van der Waals surface area contributed by atoms with Crippen LogP contribution in [0.2, 0.25) is 0 Å². The maximum atomic E-state index is 13.0. The first-order valence-electron chi connectivity index (χ1n) is 7.77. The molecule has 1 aromatic carbocycles. The van der Waals surface area contributed by atoms with Gasteiger partial charge in [-0.2, -0.15) is 0 Å². The Labute approximate surface area is 133 Å². The molecule has 23 heavy (non-hydrogen) atoms. The number of aryl methyl sites for hydroxylation is 1. The second-order valence-electron chi connectivity index (χ2n) is 5.94. The highest BCUT2D eigenvalue weighted by Crippen LogP contribution is 2.13. The van der Waals surface area contributed by atoms with Crippen LogP contribution in [0.15, 0.2) is 18.2 Å². The number of benzene rings is 1. The van der Waals surface area contributed by atoms with Gasteiger partial charge in [0.05, 0.1) is 11.0 Å². The number of fused-ring (bicyclic) bond motifs is 1. The number of hydrogen-bond acceptors (Lipinski definition) is 4. The summed E-state index contributed by atoms with van der Waals surface area (Å²) in [6.45, 7) is 3.01. The van der Waals surface area contributed by atoms with Crippen LogP contribution in [0.4, 0.5) is 4.39 Å². The Bertz CT molecular complexity index is 688. The zero-order chi connectivity index (χ0) is 16.2. The van der Waals surface area contributed by atoms with Gasteiger partial charge in [0, 0.05) is 19.1 Å². The van der Waals surface area contributed by atoms with Gasteiger partial charge in [-0.05, 0) is 31.0 Å². The van der Waals surface area contributed by atoms with Crippen molar-refractivity contribution in [3.05, 3.63) is 29.6 Å². The second-order valence-corrected chi connectivity index (χ2v) is 5.94. The minimum atomic E-state index is -0.815. The van der Waals surface area contributed by atoms with E-state index in [4.69, 9.17) is 4.74 Å². The summed E-state index contributed by atoms with van der Waals surface area (Å²) in [7, 11) is 0. The van der Waals surface area contributed by atoms with Crippen molar-refractivity contribution >= 4 is 16.9 Å². The highest BCUT2D eigenvalue weighted by molar-refractivity contribution is 5.77. The number of ether oxygens (including phenoxy) is 1. The van der Waals surface area contributed by atoms with E-state index in [2.05, 4.69) is 20.6 Å². The first kappa shape index (κ1) is 15.9. The van der Waals surface area contributed by atoms with Crippen molar-refractivity contribution < 1.29 is 13.9 Å². The fraction of sp³-hybridized carbons (Fsp3) is 0.500. The molecule has 2 heterocycles. The predicted octanol–water partition coefficient (Wildman–Crippen LogP) is 1.20. The number of aromatic nitrogens is 2. The summed E-state index contributed by atoms with van der Waals surface area (Å²) in [6, 6.07) is 5.97.